The third-order valence-corrected chi connectivity index (χ3v) is 3.95. The van der Waals surface area contributed by atoms with E-state index in [0.29, 0.717) is 18.6 Å². The minimum atomic E-state index is -0.742. The molecule has 0 aromatic heterocycles. The number of ketones is 1. The standard InChI is InChI=1S/C20H32O3/c1-3-4-5-6-7-8-9-10-11-20(22)23-19-14-12-18(13-15-19)16-17(2)21/h12-15,20,22H,3-11,16H2,1-2H3. The van der Waals surface area contributed by atoms with E-state index in [0.717, 1.165) is 18.4 Å². The van der Waals surface area contributed by atoms with E-state index in [-0.39, 0.29) is 5.78 Å². The summed E-state index contributed by atoms with van der Waals surface area (Å²) in [5.41, 5.74) is 0.974. The molecule has 0 aliphatic heterocycles. The van der Waals surface area contributed by atoms with Crippen molar-refractivity contribution in [3.05, 3.63) is 29.8 Å². The summed E-state index contributed by atoms with van der Waals surface area (Å²) in [4.78, 5) is 11.0. The quantitative estimate of drug-likeness (QED) is 0.409. The first kappa shape index (κ1) is 19.7. The first-order valence-electron chi connectivity index (χ1n) is 9.05. The van der Waals surface area contributed by atoms with Crippen molar-refractivity contribution in [2.45, 2.75) is 84.3 Å². The number of unbranched alkanes of at least 4 members (excludes halogenated alkanes) is 7. The van der Waals surface area contributed by atoms with E-state index in [1.54, 1.807) is 6.92 Å². The molecule has 1 unspecified atom stereocenters. The van der Waals surface area contributed by atoms with Gasteiger partial charge in [-0.3, -0.25) is 4.79 Å². The average molecular weight is 320 g/mol. The SMILES string of the molecule is CCCCCCCCCCC(O)Oc1ccc(CC(C)=O)cc1. The van der Waals surface area contributed by atoms with Crippen LogP contribution in [0.1, 0.15) is 77.2 Å². The second-order valence-corrected chi connectivity index (χ2v) is 6.36. The Labute approximate surface area is 141 Å². The van der Waals surface area contributed by atoms with Crippen molar-refractivity contribution in [2.75, 3.05) is 0 Å². The summed E-state index contributed by atoms with van der Waals surface area (Å²) in [5.74, 6) is 0.803. The Balaban J connectivity index is 2.11. The molecule has 130 valence electrons. The smallest absolute Gasteiger partial charge is 0.197 e. The number of benzene rings is 1. The van der Waals surface area contributed by atoms with Crippen molar-refractivity contribution in [1.82, 2.24) is 0 Å². The molecule has 0 bridgehead atoms. The van der Waals surface area contributed by atoms with Gasteiger partial charge in [0.1, 0.15) is 11.5 Å². The molecular weight excluding hydrogens is 288 g/mol. The Hall–Kier alpha value is -1.35. The Morgan fingerprint density at radius 3 is 2.13 bits per heavy atom. The van der Waals surface area contributed by atoms with Crippen molar-refractivity contribution in [1.29, 1.82) is 0 Å². The molecule has 0 spiro atoms. The topological polar surface area (TPSA) is 46.5 Å². The second kappa shape index (κ2) is 12.1. The van der Waals surface area contributed by atoms with E-state index >= 15 is 0 Å². The maximum atomic E-state index is 11.0. The van der Waals surface area contributed by atoms with Crippen molar-refractivity contribution in [2.24, 2.45) is 0 Å². The number of Topliss-reactive ketones (excluding diaryl/α,β-unsaturated/α-hetero) is 1. The number of hydrogen-bond acceptors (Lipinski definition) is 3. The molecule has 0 heterocycles. The number of hydrogen-bond donors (Lipinski definition) is 1. The van der Waals surface area contributed by atoms with Gasteiger partial charge < -0.3 is 9.84 Å². The van der Waals surface area contributed by atoms with E-state index in [4.69, 9.17) is 4.74 Å². The summed E-state index contributed by atoms with van der Waals surface area (Å²) in [6, 6.07) is 7.38. The first-order chi connectivity index (χ1) is 11.1. The van der Waals surface area contributed by atoms with E-state index in [9.17, 15) is 9.90 Å². The van der Waals surface area contributed by atoms with Crippen LogP contribution in [0.3, 0.4) is 0 Å². The van der Waals surface area contributed by atoms with Gasteiger partial charge in [0, 0.05) is 12.8 Å². The largest absolute Gasteiger partial charge is 0.465 e. The lowest BCUT2D eigenvalue weighted by Crippen LogP contribution is -2.15. The van der Waals surface area contributed by atoms with Gasteiger partial charge in [-0.1, -0.05) is 64.0 Å². The predicted molar refractivity (Wildman–Crippen MR) is 94.7 cm³/mol. The first-order valence-corrected chi connectivity index (χ1v) is 9.05. The van der Waals surface area contributed by atoms with Crippen LogP contribution in [-0.4, -0.2) is 17.2 Å². The van der Waals surface area contributed by atoms with Gasteiger partial charge in [0.05, 0.1) is 0 Å². The molecule has 3 heteroatoms. The molecule has 0 aliphatic rings. The summed E-state index contributed by atoms with van der Waals surface area (Å²) in [6.45, 7) is 3.82. The van der Waals surface area contributed by atoms with Gasteiger partial charge in [-0.25, -0.2) is 0 Å². The highest BCUT2D eigenvalue weighted by atomic mass is 16.6. The molecule has 23 heavy (non-hydrogen) atoms. The van der Waals surface area contributed by atoms with Gasteiger partial charge in [-0.05, 0) is 31.0 Å². The molecule has 0 saturated carbocycles. The highest BCUT2D eigenvalue weighted by Crippen LogP contribution is 2.16. The summed E-state index contributed by atoms with van der Waals surface area (Å²) < 4.78 is 5.50. The zero-order valence-electron chi connectivity index (χ0n) is 14.7. The van der Waals surface area contributed by atoms with Crippen LogP contribution in [0.4, 0.5) is 0 Å². The normalized spacial score (nSPS) is 12.1. The molecule has 1 N–H and O–H groups in total. The van der Waals surface area contributed by atoms with Gasteiger partial charge in [0.15, 0.2) is 6.29 Å². The lowest BCUT2D eigenvalue weighted by Gasteiger charge is -2.13. The van der Waals surface area contributed by atoms with E-state index in [2.05, 4.69) is 6.92 Å². The summed E-state index contributed by atoms with van der Waals surface area (Å²) >= 11 is 0. The molecule has 0 fully saturated rings. The van der Waals surface area contributed by atoms with E-state index in [1.807, 2.05) is 24.3 Å². The van der Waals surface area contributed by atoms with Crippen LogP contribution in [0.2, 0.25) is 0 Å². The Morgan fingerprint density at radius 1 is 1.00 bits per heavy atom. The molecule has 1 rings (SSSR count). The van der Waals surface area contributed by atoms with Crippen molar-refractivity contribution < 1.29 is 14.6 Å². The minimum absolute atomic E-state index is 0.147. The minimum Gasteiger partial charge on any atom is -0.465 e. The summed E-state index contributed by atoms with van der Waals surface area (Å²) in [7, 11) is 0. The van der Waals surface area contributed by atoms with E-state index in [1.165, 1.54) is 38.5 Å². The Kier molecular flexibility index (Phi) is 10.4. The number of aliphatic hydroxyl groups is 1. The Morgan fingerprint density at radius 2 is 1.57 bits per heavy atom. The molecule has 1 aromatic carbocycles. The summed E-state index contributed by atoms with van der Waals surface area (Å²) in [5, 5.41) is 9.91. The fourth-order valence-corrected chi connectivity index (χ4v) is 2.64. The highest BCUT2D eigenvalue weighted by molar-refractivity contribution is 5.78. The molecule has 3 nitrogen and oxygen atoms in total. The average Bonchev–Trinajstić information content (AvgIpc) is 2.51. The maximum absolute atomic E-state index is 11.0. The number of carbonyl (C=O) groups is 1. The molecule has 0 aliphatic carbocycles. The zero-order chi connectivity index (χ0) is 16.9. The molecule has 1 atom stereocenters. The van der Waals surface area contributed by atoms with Crippen LogP contribution in [0.5, 0.6) is 5.75 Å². The Bertz CT molecular complexity index is 425. The number of rotatable bonds is 13. The van der Waals surface area contributed by atoms with Gasteiger partial charge in [-0.15, -0.1) is 0 Å². The van der Waals surface area contributed by atoms with Gasteiger partial charge in [0.2, 0.25) is 0 Å². The maximum Gasteiger partial charge on any atom is 0.197 e. The molecule has 0 saturated heterocycles. The van der Waals surface area contributed by atoms with E-state index < -0.39 is 6.29 Å². The highest BCUT2D eigenvalue weighted by Gasteiger charge is 2.06. The summed E-state index contributed by atoms with van der Waals surface area (Å²) in [6.07, 6.45) is 10.4. The van der Waals surface area contributed by atoms with Gasteiger partial charge in [-0.2, -0.15) is 0 Å². The molecule has 0 radical (unpaired) electrons. The fourth-order valence-electron chi connectivity index (χ4n) is 2.64. The van der Waals surface area contributed by atoms with Crippen LogP contribution < -0.4 is 4.74 Å². The number of carbonyl (C=O) groups excluding carboxylic acids is 1. The van der Waals surface area contributed by atoms with Crippen LogP contribution in [0.25, 0.3) is 0 Å². The van der Waals surface area contributed by atoms with Crippen molar-refractivity contribution in [3.8, 4) is 5.75 Å². The van der Waals surface area contributed by atoms with Crippen LogP contribution in [0.15, 0.2) is 24.3 Å². The predicted octanol–water partition coefficient (Wildman–Crippen LogP) is 5.05. The lowest BCUT2D eigenvalue weighted by molar-refractivity contribution is -0.116. The van der Waals surface area contributed by atoms with Crippen LogP contribution in [-0.2, 0) is 11.2 Å². The second-order valence-electron chi connectivity index (χ2n) is 6.36. The van der Waals surface area contributed by atoms with Crippen LogP contribution >= 0.6 is 0 Å². The third-order valence-electron chi connectivity index (χ3n) is 3.95. The van der Waals surface area contributed by atoms with Crippen molar-refractivity contribution in [3.63, 3.8) is 0 Å². The van der Waals surface area contributed by atoms with Gasteiger partial charge >= 0.3 is 0 Å². The third kappa shape index (κ3) is 10.1. The number of aliphatic hydroxyl groups excluding tert-OH is 1. The number of ether oxygens (including phenoxy) is 1. The fraction of sp³-hybridized carbons (Fsp3) is 0.650. The molecule has 0 amide bonds. The van der Waals surface area contributed by atoms with Crippen LogP contribution in [0, 0.1) is 0 Å². The molecular formula is C20H32O3. The van der Waals surface area contributed by atoms with Gasteiger partial charge in [0.25, 0.3) is 0 Å². The molecule has 1 aromatic rings. The lowest BCUT2D eigenvalue weighted by atomic mass is 10.1. The zero-order valence-corrected chi connectivity index (χ0v) is 14.7. The van der Waals surface area contributed by atoms with Crippen molar-refractivity contribution >= 4 is 5.78 Å². The monoisotopic (exact) mass is 320 g/mol.